The van der Waals surface area contributed by atoms with Crippen LogP contribution in [0.3, 0.4) is 0 Å². The Balaban J connectivity index is 1.40. The third kappa shape index (κ3) is 4.13. The minimum absolute atomic E-state index is 0.0507. The number of nitrogens with zero attached hydrogens (tertiary/aromatic N) is 5. The summed E-state index contributed by atoms with van der Waals surface area (Å²) in [4.78, 5) is 26.6. The maximum atomic E-state index is 12.7. The summed E-state index contributed by atoms with van der Waals surface area (Å²) in [7, 11) is 0. The molecule has 2 aliphatic heterocycles. The summed E-state index contributed by atoms with van der Waals surface area (Å²) < 4.78 is 10.9. The fourth-order valence-corrected chi connectivity index (χ4v) is 4.81. The van der Waals surface area contributed by atoms with Gasteiger partial charge in [0.25, 0.3) is 5.91 Å². The van der Waals surface area contributed by atoms with Crippen LogP contribution in [0.2, 0.25) is 0 Å². The van der Waals surface area contributed by atoms with Crippen molar-refractivity contribution in [2.24, 2.45) is 5.92 Å². The molecule has 0 saturated carbocycles. The van der Waals surface area contributed by atoms with Gasteiger partial charge < -0.3 is 18.7 Å². The number of aryl methyl sites for hydroxylation is 1. The lowest BCUT2D eigenvalue weighted by Gasteiger charge is -2.33. The number of aromatic nitrogens is 3. The molecule has 0 spiro atoms. The molecular weight excluding hydrogens is 406 g/mol. The average Bonchev–Trinajstić information content (AvgIpc) is 3.50. The Bertz CT molecular complexity index is 1070. The lowest BCUT2D eigenvalue weighted by molar-refractivity contribution is 0.0680. The summed E-state index contributed by atoms with van der Waals surface area (Å²) in [6, 6.07) is 5.39. The van der Waals surface area contributed by atoms with E-state index in [1.54, 1.807) is 12.1 Å². The third-order valence-electron chi connectivity index (χ3n) is 6.54. The number of hydrogen-bond acceptors (Lipinski definition) is 7. The molecule has 1 amide bonds. The Morgan fingerprint density at radius 1 is 1.19 bits per heavy atom. The normalized spacial score (nSPS) is 20.0. The number of piperidine rings is 2. The van der Waals surface area contributed by atoms with Gasteiger partial charge in [-0.1, -0.05) is 12.1 Å². The molecule has 2 fully saturated rings. The quantitative estimate of drug-likeness (QED) is 0.604. The van der Waals surface area contributed by atoms with E-state index in [0.717, 1.165) is 55.3 Å². The van der Waals surface area contributed by atoms with E-state index in [9.17, 15) is 4.79 Å². The second-order valence-electron chi connectivity index (χ2n) is 9.04. The van der Waals surface area contributed by atoms with Crippen LogP contribution in [0, 0.1) is 12.8 Å². The van der Waals surface area contributed by atoms with Crippen LogP contribution in [0.4, 0.5) is 5.95 Å². The Morgan fingerprint density at radius 3 is 2.72 bits per heavy atom. The van der Waals surface area contributed by atoms with Crippen molar-refractivity contribution in [3.05, 3.63) is 47.8 Å². The number of carbonyl (C=O) groups is 1. The standard InChI is InChI=1S/C24H29N5O3/c1-16-5-3-9-29(15-16)24-25-14-19(21-13-17(2)27-32-21)22(26-24)18-7-10-28(11-8-18)23(30)20-6-4-12-31-20/h4,6,12-14,16,18H,3,5,7-11,15H2,1-2H3/t16-/m1/s1. The molecule has 2 aliphatic rings. The highest BCUT2D eigenvalue weighted by Gasteiger charge is 2.30. The van der Waals surface area contributed by atoms with E-state index >= 15 is 0 Å². The molecule has 3 aromatic heterocycles. The molecule has 0 aromatic carbocycles. The molecule has 3 aromatic rings. The van der Waals surface area contributed by atoms with Gasteiger partial charge in [0, 0.05) is 44.4 Å². The monoisotopic (exact) mass is 435 g/mol. The van der Waals surface area contributed by atoms with Crippen molar-refractivity contribution in [2.75, 3.05) is 31.1 Å². The number of carbonyl (C=O) groups excluding carboxylic acids is 1. The molecule has 8 heteroatoms. The largest absolute Gasteiger partial charge is 0.459 e. The van der Waals surface area contributed by atoms with Gasteiger partial charge in [-0.15, -0.1) is 0 Å². The minimum Gasteiger partial charge on any atom is -0.459 e. The highest BCUT2D eigenvalue weighted by molar-refractivity contribution is 5.91. The summed E-state index contributed by atoms with van der Waals surface area (Å²) in [5, 5.41) is 4.06. The second-order valence-corrected chi connectivity index (χ2v) is 9.04. The molecule has 0 radical (unpaired) electrons. The molecule has 0 N–H and O–H groups in total. The highest BCUT2D eigenvalue weighted by Crippen LogP contribution is 2.36. The smallest absolute Gasteiger partial charge is 0.289 e. The molecule has 32 heavy (non-hydrogen) atoms. The zero-order valence-electron chi connectivity index (χ0n) is 18.7. The average molecular weight is 436 g/mol. The van der Waals surface area contributed by atoms with E-state index in [1.165, 1.54) is 12.7 Å². The number of anilines is 1. The predicted octanol–water partition coefficient (Wildman–Crippen LogP) is 4.29. The summed E-state index contributed by atoms with van der Waals surface area (Å²) in [6.45, 7) is 7.50. The molecule has 168 valence electrons. The van der Waals surface area contributed by atoms with Crippen LogP contribution in [0.1, 0.15) is 60.5 Å². The predicted molar refractivity (Wildman–Crippen MR) is 119 cm³/mol. The lowest BCUT2D eigenvalue weighted by atomic mass is 9.90. The highest BCUT2D eigenvalue weighted by atomic mass is 16.5. The van der Waals surface area contributed by atoms with Crippen LogP contribution >= 0.6 is 0 Å². The number of amides is 1. The van der Waals surface area contributed by atoms with Crippen LogP contribution in [0.25, 0.3) is 11.3 Å². The van der Waals surface area contributed by atoms with Crippen LogP contribution in [0.15, 0.2) is 39.6 Å². The Kier molecular flexibility index (Phi) is 5.68. The fraction of sp³-hybridized carbons (Fsp3) is 0.500. The molecule has 0 bridgehead atoms. The van der Waals surface area contributed by atoms with E-state index in [-0.39, 0.29) is 11.8 Å². The van der Waals surface area contributed by atoms with E-state index in [1.807, 2.05) is 24.1 Å². The van der Waals surface area contributed by atoms with Gasteiger partial charge in [-0.25, -0.2) is 9.97 Å². The van der Waals surface area contributed by atoms with Gasteiger partial charge >= 0.3 is 0 Å². The number of rotatable bonds is 4. The van der Waals surface area contributed by atoms with Crippen LogP contribution < -0.4 is 4.90 Å². The van der Waals surface area contributed by atoms with E-state index < -0.39 is 0 Å². The van der Waals surface area contributed by atoms with Crippen LogP contribution in [-0.2, 0) is 0 Å². The zero-order valence-corrected chi connectivity index (χ0v) is 18.7. The third-order valence-corrected chi connectivity index (χ3v) is 6.54. The number of likely N-dealkylation sites (tertiary alicyclic amines) is 1. The van der Waals surface area contributed by atoms with Crippen molar-refractivity contribution in [3.63, 3.8) is 0 Å². The van der Waals surface area contributed by atoms with Gasteiger partial charge in [0.1, 0.15) is 0 Å². The van der Waals surface area contributed by atoms with Crippen molar-refractivity contribution in [1.82, 2.24) is 20.0 Å². The van der Waals surface area contributed by atoms with Gasteiger partial charge in [-0.05, 0) is 50.7 Å². The molecule has 2 saturated heterocycles. The van der Waals surface area contributed by atoms with Crippen molar-refractivity contribution >= 4 is 11.9 Å². The van der Waals surface area contributed by atoms with E-state index in [2.05, 4.69) is 17.0 Å². The first-order valence-corrected chi connectivity index (χ1v) is 11.5. The maximum Gasteiger partial charge on any atom is 0.289 e. The molecule has 5 rings (SSSR count). The molecular formula is C24H29N5O3. The molecule has 8 nitrogen and oxygen atoms in total. The topological polar surface area (TPSA) is 88.5 Å². The van der Waals surface area contributed by atoms with Crippen molar-refractivity contribution in [3.8, 4) is 11.3 Å². The minimum atomic E-state index is -0.0507. The second kappa shape index (κ2) is 8.76. The van der Waals surface area contributed by atoms with Gasteiger partial charge in [0.15, 0.2) is 11.5 Å². The number of furan rings is 1. The summed E-state index contributed by atoms with van der Waals surface area (Å²) in [6.07, 6.45) is 7.50. The Hall–Kier alpha value is -3.16. The SMILES string of the molecule is Cc1cc(-c2cnc(N3CCC[C@@H](C)C3)nc2C2CCN(C(=O)c3ccco3)CC2)on1. The zero-order chi connectivity index (χ0) is 22.1. The Morgan fingerprint density at radius 2 is 2.03 bits per heavy atom. The van der Waals surface area contributed by atoms with Gasteiger partial charge in [0.2, 0.25) is 5.95 Å². The van der Waals surface area contributed by atoms with E-state index in [4.69, 9.17) is 18.9 Å². The van der Waals surface area contributed by atoms with Crippen LogP contribution in [-0.4, -0.2) is 52.1 Å². The van der Waals surface area contributed by atoms with Crippen molar-refractivity contribution < 1.29 is 13.7 Å². The van der Waals surface area contributed by atoms with Crippen LogP contribution in [0.5, 0.6) is 0 Å². The summed E-state index contributed by atoms with van der Waals surface area (Å²) >= 11 is 0. The maximum absolute atomic E-state index is 12.7. The van der Waals surface area contributed by atoms with Crippen molar-refractivity contribution in [2.45, 2.75) is 45.4 Å². The molecule has 0 aliphatic carbocycles. The summed E-state index contributed by atoms with van der Waals surface area (Å²) in [5.74, 6) is 2.70. The lowest BCUT2D eigenvalue weighted by Crippen LogP contribution is -2.38. The fourth-order valence-electron chi connectivity index (χ4n) is 4.81. The van der Waals surface area contributed by atoms with Gasteiger partial charge in [-0.3, -0.25) is 4.79 Å². The van der Waals surface area contributed by atoms with E-state index in [0.29, 0.717) is 30.5 Å². The first-order chi connectivity index (χ1) is 15.6. The Labute approximate surface area is 187 Å². The first kappa shape index (κ1) is 20.7. The van der Waals surface area contributed by atoms with Gasteiger partial charge in [0.05, 0.1) is 23.2 Å². The van der Waals surface area contributed by atoms with Crippen molar-refractivity contribution in [1.29, 1.82) is 0 Å². The van der Waals surface area contributed by atoms with Gasteiger partial charge in [-0.2, -0.15) is 0 Å². The number of hydrogen-bond donors (Lipinski definition) is 0. The first-order valence-electron chi connectivity index (χ1n) is 11.5. The molecule has 0 unspecified atom stereocenters. The molecule has 1 atom stereocenters. The summed E-state index contributed by atoms with van der Waals surface area (Å²) in [5.41, 5.74) is 2.73. The molecule has 5 heterocycles.